The molecule has 150 valence electrons. The Morgan fingerprint density at radius 1 is 0.963 bits per heavy atom. The topological polar surface area (TPSA) is 38.8 Å². The molecule has 1 saturated heterocycles. The summed E-state index contributed by atoms with van der Waals surface area (Å²) in [6.07, 6.45) is 7.43. The van der Waals surface area contributed by atoms with Gasteiger partial charge in [-0.2, -0.15) is 0 Å². The smallest absolute Gasteiger partial charge is 0.317 e. The minimum atomic E-state index is 0.137. The third-order valence-electron chi connectivity index (χ3n) is 6.09. The van der Waals surface area contributed by atoms with Crippen molar-refractivity contribution in [1.82, 2.24) is 10.2 Å². The number of amides is 2. The standard InChI is InChI=1S/C22H36N4O/c1-3-24(4-2)20-11-13-21(14-12-20)25-15-17-26(18-16-25)22(27)23-19-9-7-5-6-8-10-19/h11-14,19H,3-10,15-18H2,1-2H3,(H,23,27). The van der Waals surface area contributed by atoms with Crippen LogP contribution in [-0.2, 0) is 0 Å². The maximum absolute atomic E-state index is 12.6. The van der Waals surface area contributed by atoms with E-state index in [-0.39, 0.29) is 6.03 Å². The van der Waals surface area contributed by atoms with Crippen molar-refractivity contribution >= 4 is 17.4 Å². The number of nitrogens with one attached hydrogen (secondary N) is 1. The molecule has 0 bridgehead atoms. The normalized spacial score (nSPS) is 18.9. The van der Waals surface area contributed by atoms with Gasteiger partial charge in [-0.3, -0.25) is 0 Å². The highest BCUT2D eigenvalue weighted by Crippen LogP contribution is 2.22. The average molecular weight is 373 g/mol. The fourth-order valence-electron chi connectivity index (χ4n) is 4.32. The van der Waals surface area contributed by atoms with Crippen LogP contribution in [0.25, 0.3) is 0 Å². The minimum absolute atomic E-state index is 0.137. The molecule has 0 spiro atoms. The quantitative estimate of drug-likeness (QED) is 0.791. The number of anilines is 2. The Balaban J connectivity index is 1.48. The van der Waals surface area contributed by atoms with E-state index in [1.165, 1.54) is 37.1 Å². The van der Waals surface area contributed by atoms with Crippen molar-refractivity contribution in [3.8, 4) is 0 Å². The van der Waals surface area contributed by atoms with Crippen molar-refractivity contribution in [3.63, 3.8) is 0 Å². The number of hydrogen-bond acceptors (Lipinski definition) is 3. The maximum Gasteiger partial charge on any atom is 0.317 e. The Labute approximate surface area is 164 Å². The summed E-state index contributed by atoms with van der Waals surface area (Å²) in [4.78, 5) is 19.3. The number of hydrogen-bond donors (Lipinski definition) is 1. The summed E-state index contributed by atoms with van der Waals surface area (Å²) < 4.78 is 0. The lowest BCUT2D eigenvalue weighted by atomic mass is 10.1. The van der Waals surface area contributed by atoms with Crippen LogP contribution in [0.3, 0.4) is 0 Å². The molecule has 5 nitrogen and oxygen atoms in total. The molecule has 0 aromatic heterocycles. The molecule has 0 radical (unpaired) electrons. The van der Waals surface area contributed by atoms with Crippen LogP contribution in [0.15, 0.2) is 24.3 Å². The molecule has 1 aliphatic carbocycles. The molecule has 2 amide bonds. The van der Waals surface area contributed by atoms with Gasteiger partial charge in [-0.15, -0.1) is 0 Å². The van der Waals surface area contributed by atoms with Crippen molar-refractivity contribution in [2.75, 3.05) is 49.1 Å². The molecule has 1 N–H and O–H groups in total. The van der Waals surface area contributed by atoms with E-state index in [1.54, 1.807) is 0 Å². The molecule has 1 aliphatic heterocycles. The average Bonchev–Trinajstić information content (AvgIpc) is 2.98. The van der Waals surface area contributed by atoms with Gasteiger partial charge < -0.3 is 20.0 Å². The van der Waals surface area contributed by atoms with Crippen LogP contribution in [0.4, 0.5) is 16.2 Å². The Morgan fingerprint density at radius 3 is 2.11 bits per heavy atom. The Bertz CT molecular complexity index is 568. The van der Waals surface area contributed by atoms with Crippen molar-refractivity contribution in [1.29, 1.82) is 0 Å². The van der Waals surface area contributed by atoms with Gasteiger partial charge in [0.1, 0.15) is 0 Å². The first-order valence-electron chi connectivity index (χ1n) is 10.9. The van der Waals surface area contributed by atoms with E-state index in [2.05, 4.69) is 53.2 Å². The zero-order valence-electron chi connectivity index (χ0n) is 17.1. The highest BCUT2D eigenvalue weighted by Gasteiger charge is 2.23. The lowest BCUT2D eigenvalue weighted by Crippen LogP contribution is -2.53. The minimum Gasteiger partial charge on any atom is -0.372 e. The largest absolute Gasteiger partial charge is 0.372 e. The van der Waals surface area contributed by atoms with Crippen molar-refractivity contribution in [3.05, 3.63) is 24.3 Å². The molecule has 5 heteroatoms. The van der Waals surface area contributed by atoms with Gasteiger partial charge in [0.25, 0.3) is 0 Å². The summed E-state index contributed by atoms with van der Waals surface area (Å²) >= 11 is 0. The number of rotatable bonds is 5. The highest BCUT2D eigenvalue weighted by molar-refractivity contribution is 5.75. The first-order chi connectivity index (χ1) is 13.2. The van der Waals surface area contributed by atoms with Crippen molar-refractivity contribution in [2.45, 2.75) is 58.4 Å². The first-order valence-corrected chi connectivity index (χ1v) is 10.9. The van der Waals surface area contributed by atoms with Crippen molar-refractivity contribution < 1.29 is 4.79 Å². The number of carbonyl (C=O) groups is 1. The zero-order valence-corrected chi connectivity index (χ0v) is 17.1. The molecule has 3 rings (SSSR count). The third kappa shape index (κ3) is 5.30. The summed E-state index contributed by atoms with van der Waals surface area (Å²) in [5.41, 5.74) is 2.54. The molecule has 2 fully saturated rings. The van der Waals surface area contributed by atoms with Gasteiger partial charge in [-0.1, -0.05) is 25.7 Å². The Morgan fingerprint density at radius 2 is 1.56 bits per heavy atom. The number of carbonyl (C=O) groups excluding carboxylic acids is 1. The van der Waals surface area contributed by atoms with E-state index in [9.17, 15) is 4.79 Å². The van der Waals surface area contributed by atoms with Crippen LogP contribution in [0.5, 0.6) is 0 Å². The fraction of sp³-hybridized carbons (Fsp3) is 0.682. The van der Waals surface area contributed by atoms with E-state index in [0.717, 1.165) is 52.1 Å². The number of piperazine rings is 1. The predicted octanol–water partition coefficient (Wildman–Crippen LogP) is 4.09. The zero-order chi connectivity index (χ0) is 19.1. The van der Waals surface area contributed by atoms with E-state index < -0.39 is 0 Å². The molecule has 0 unspecified atom stereocenters. The fourth-order valence-corrected chi connectivity index (χ4v) is 4.32. The molecule has 1 aromatic carbocycles. The van der Waals surface area contributed by atoms with Crippen LogP contribution < -0.4 is 15.1 Å². The van der Waals surface area contributed by atoms with E-state index in [0.29, 0.717) is 6.04 Å². The second kappa shape index (κ2) is 9.86. The first kappa shape index (κ1) is 19.8. The third-order valence-corrected chi connectivity index (χ3v) is 6.09. The van der Waals surface area contributed by atoms with Gasteiger partial charge in [0, 0.05) is 56.7 Å². The highest BCUT2D eigenvalue weighted by atomic mass is 16.2. The van der Waals surface area contributed by atoms with E-state index in [1.807, 2.05) is 4.90 Å². The molecule has 1 aromatic rings. The molecule has 0 atom stereocenters. The molecule has 1 heterocycles. The predicted molar refractivity (Wildman–Crippen MR) is 114 cm³/mol. The Hall–Kier alpha value is -1.91. The van der Waals surface area contributed by atoms with Crippen LogP contribution in [0.1, 0.15) is 52.4 Å². The molecule has 27 heavy (non-hydrogen) atoms. The summed E-state index contributed by atoms with van der Waals surface area (Å²) in [7, 11) is 0. The van der Waals surface area contributed by atoms with Crippen LogP contribution in [-0.4, -0.2) is 56.2 Å². The van der Waals surface area contributed by atoms with Gasteiger partial charge in [0.05, 0.1) is 0 Å². The summed E-state index contributed by atoms with van der Waals surface area (Å²) in [6, 6.07) is 9.38. The SMILES string of the molecule is CCN(CC)c1ccc(N2CCN(C(=O)NC3CCCCCC3)CC2)cc1. The lowest BCUT2D eigenvalue weighted by molar-refractivity contribution is 0.189. The van der Waals surface area contributed by atoms with E-state index in [4.69, 9.17) is 0 Å². The molecular formula is C22H36N4O. The second-order valence-electron chi connectivity index (χ2n) is 7.80. The summed E-state index contributed by atoms with van der Waals surface area (Å²) in [6.45, 7) is 9.86. The maximum atomic E-state index is 12.6. The van der Waals surface area contributed by atoms with Crippen LogP contribution >= 0.6 is 0 Å². The summed E-state index contributed by atoms with van der Waals surface area (Å²) in [5.74, 6) is 0. The second-order valence-corrected chi connectivity index (χ2v) is 7.80. The Kier molecular flexibility index (Phi) is 7.25. The number of nitrogens with zero attached hydrogens (tertiary/aromatic N) is 3. The molecular weight excluding hydrogens is 336 g/mol. The van der Waals surface area contributed by atoms with Crippen LogP contribution in [0.2, 0.25) is 0 Å². The van der Waals surface area contributed by atoms with Crippen LogP contribution in [0, 0.1) is 0 Å². The van der Waals surface area contributed by atoms with E-state index >= 15 is 0 Å². The summed E-state index contributed by atoms with van der Waals surface area (Å²) in [5, 5.41) is 3.28. The van der Waals surface area contributed by atoms with Gasteiger partial charge >= 0.3 is 6.03 Å². The lowest BCUT2D eigenvalue weighted by Gasteiger charge is -2.37. The van der Waals surface area contributed by atoms with Gasteiger partial charge in [-0.25, -0.2) is 4.79 Å². The van der Waals surface area contributed by atoms with Gasteiger partial charge in [0.15, 0.2) is 0 Å². The molecule has 2 aliphatic rings. The monoisotopic (exact) mass is 372 g/mol. The molecule has 1 saturated carbocycles. The number of benzene rings is 1. The van der Waals surface area contributed by atoms with Gasteiger partial charge in [-0.05, 0) is 51.0 Å². The van der Waals surface area contributed by atoms with Gasteiger partial charge in [0.2, 0.25) is 0 Å². The number of urea groups is 1. The van der Waals surface area contributed by atoms with Crippen molar-refractivity contribution in [2.24, 2.45) is 0 Å².